The summed E-state index contributed by atoms with van der Waals surface area (Å²) >= 11 is 0. The monoisotopic (exact) mass is 399 g/mol. The Labute approximate surface area is 171 Å². The molecule has 3 heterocycles. The summed E-state index contributed by atoms with van der Waals surface area (Å²) in [6, 6.07) is -0.0709. The number of hydroxylamine groups is 3. The van der Waals surface area contributed by atoms with E-state index in [1.807, 2.05) is 0 Å². The molecule has 1 unspecified atom stereocenters. The number of hydrogen-bond acceptors (Lipinski definition) is 5. The van der Waals surface area contributed by atoms with Crippen LogP contribution in [0.1, 0.15) is 46.0 Å². The molecule has 0 amide bonds. The van der Waals surface area contributed by atoms with Crippen LogP contribution in [0.25, 0.3) is 0 Å². The lowest BCUT2D eigenvalue weighted by atomic mass is 9.45. The molecule has 7 atom stereocenters. The molecule has 6 rings (SSSR count). The first kappa shape index (κ1) is 18.1. The molecule has 2 bridgehead atoms. The second-order valence-electron chi connectivity index (χ2n) is 10.5. The van der Waals surface area contributed by atoms with Crippen LogP contribution in [0, 0.1) is 33.8 Å². The Morgan fingerprint density at radius 2 is 2.10 bits per heavy atom. The van der Waals surface area contributed by atoms with E-state index in [2.05, 4.69) is 13.8 Å². The maximum absolute atomic E-state index is 14.3. The van der Waals surface area contributed by atoms with Gasteiger partial charge >= 0.3 is 5.97 Å². The average molecular weight is 399 g/mol. The number of fused-ring (bicyclic) bond motifs is 1. The quantitative estimate of drug-likeness (QED) is 0.385. The Hall–Kier alpha value is -1.66. The minimum absolute atomic E-state index is 0.0709. The summed E-state index contributed by atoms with van der Waals surface area (Å²) in [5.74, 6) is 1.000. The topological polar surface area (TPSA) is 75.7 Å². The zero-order valence-corrected chi connectivity index (χ0v) is 17.5. The van der Waals surface area contributed by atoms with Gasteiger partial charge in [-0.25, -0.2) is 4.79 Å². The van der Waals surface area contributed by atoms with Gasteiger partial charge in [0.2, 0.25) is 0 Å². The van der Waals surface area contributed by atoms with Crippen LogP contribution in [-0.2, 0) is 19.1 Å². The largest absolute Gasteiger partial charge is 0.633 e. The number of esters is 1. The van der Waals surface area contributed by atoms with Crippen molar-refractivity contribution in [3.05, 3.63) is 27.7 Å². The van der Waals surface area contributed by atoms with E-state index < -0.39 is 10.8 Å². The molecule has 3 aliphatic heterocycles. The van der Waals surface area contributed by atoms with Crippen molar-refractivity contribution in [2.75, 3.05) is 26.8 Å². The zero-order chi connectivity index (χ0) is 20.3. The van der Waals surface area contributed by atoms with Gasteiger partial charge in [0.25, 0.3) is 0 Å². The number of Topliss-reactive ketones (excluding diaryl/α,β-unsaturated/α-hetero) is 1. The second-order valence-corrected chi connectivity index (χ2v) is 10.5. The highest BCUT2D eigenvalue weighted by molar-refractivity contribution is 6.01. The number of carbonyl (C=O) groups is 2. The zero-order valence-electron chi connectivity index (χ0n) is 17.5. The highest BCUT2D eigenvalue weighted by Crippen LogP contribution is 2.74. The molecule has 0 radical (unpaired) electrons. The van der Waals surface area contributed by atoms with Crippen molar-refractivity contribution in [1.29, 1.82) is 0 Å². The minimum atomic E-state index is -0.796. The molecule has 1 saturated carbocycles. The van der Waals surface area contributed by atoms with Crippen molar-refractivity contribution < 1.29 is 23.7 Å². The number of nitrogens with zero attached hydrogens (tertiary/aromatic N) is 1. The standard InChI is InChI=1S/C23H29NO5/c1-12-10-24(27)11-13-4-5-17-19-14(6-7-29-17)16(21(26)28-3)9-23(19)20(25)15(12)8-18(24)22(13,23)2/h12-13,15,18H,4-11H2,1-3H3/t12-,13-,15-,18-,22-,23+,24?/m1/s1. The molecule has 0 aromatic heterocycles. The molecule has 29 heavy (non-hydrogen) atoms. The number of allylic oxidation sites excluding steroid dienone is 2. The van der Waals surface area contributed by atoms with Crippen LogP contribution in [-0.4, -0.2) is 49.2 Å². The third kappa shape index (κ3) is 1.79. The molecule has 2 saturated heterocycles. The van der Waals surface area contributed by atoms with Crippen LogP contribution in [0.3, 0.4) is 0 Å². The molecule has 3 fully saturated rings. The first-order valence-electron chi connectivity index (χ1n) is 11.1. The summed E-state index contributed by atoms with van der Waals surface area (Å²) in [5.41, 5.74) is 1.40. The molecule has 156 valence electrons. The number of carbonyl (C=O) groups excluding carboxylic acids is 2. The maximum Gasteiger partial charge on any atom is 0.334 e. The van der Waals surface area contributed by atoms with Crippen LogP contribution in [0.15, 0.2) is 22.5 Å². The van der Waals surface area contributed by atoms with E-state index in [0.29, 0.717) is 44.5 Å². The van der Waals surface area contributed by atoms with Gasteiger partial charge in [0.1, 0.15) is 11.5 Å². The van der Waals surface area contributed by atoms with Crippen LogP contribution in [0.5, 0.6) is 0 Å². The molecule has 0 aromatic carbocycles. The fourth-order valence-corrected chi connectivity index (χ4v) is 8.54. The Kier molecular flexibility index (Phi) is 3.33. The molecule has 1 spiro atoms. The Balaban J connectivity index is 1.66. The molecular formula is C23H29NO5. The minimum Gasteiger partial charge on any atom is -0.633 e. The molecule has 0 aromatic rings. The fraction of sp³-hybridized carbons (Fsp3) is 0.739. The van der Waals surface area contributed by atoms with Gasteiger partial charge in [-0.3, -0.25) is 4.79 Å². The summed E-state index contributed by atoms with van der Waals surface area (Å²) in [5, 5.41) is 14.0. The maximum atomic E-state index is 14.3. The van der Waals surface area contributed by atoms with Crippen molar-refractivity contribution in [3.63, 3.8) is 0 Å². The molecule has 6 aliphatic rings. The van der Waals surface area contributed by atoms with E-state index in [9.17, 15) is 14.8 Å². The van der Waals surface area contributed by atoms with Crippen LogP contribution >= 0.6 is 0 Å². The van der Waals surface area contributed by atoms with Gasteiger partial charge in [0, 0.05) is 53.6 Å². The number of piperidine rings is 1. The van der Waals surface area contributed by atoms with Crippen molar-refractivity contribution in [2.24, 2.45) is 28.6 Å². The van der Waals surface area contributed by atoms with Crippen molar-refractivity contribution in [3.8, 4) is 0 Å². The molecule has 6 heteroatoms. The Morgan fingerprint density at radius 3 is 2.86 bits per heavy atom. The van der Waals surface area contributed by atoms with Crippen LogP contribution in [0.2, 0.25) is 0 Å². The van der Waals surface area contributed by atoms with Gasteiger partial charge in [0.05, 0.1) is 38.3 Å². The van der Waals surface area contributed by atoms with E-state index in [0.717, 1.165) is 29.7 Å². The van der Waals surface area contributed by atoms with Gasteiger partial charge in [-0.15, -0.1) is 0 Å². The highest BCUT2D eigenvalue weighted by Gasteiger charge is 2.78. The van der Waals surface area contributed by atoms with E-state index in [1.54, 1.807) is 0 Å². The molecule has 3 aliphatic carbocycles. The lowest BCUT2D eigenvalue weighted by Gasteiger charge is -2.62. The number of rotatable bonds is 1. The summed E-state index contributed by atoms with van der Waals surface area (Å²) in [6.07, 6.45) is 3.38. The van der Waals surface area contributed by atoms with Gasteiger partial charge in [-0.2, -0.15) is 0 Å². The van der Waals surface area contributed by atoms with Gasteiger partial charge in [0.15, 0.2) is 0 Å². The SMILES string of the molecule is COC(=O)C1=C2CCOC3=C2[C@@]2(C1)C(=O)[C@@H]1C[C@@H]4[C@@]2(C)[C@H](CC3)C[N+]4([O-])C[C@H]1C. The van der Waals surface area contributed by atoms with E-state index >= 15 is 0 Å². The van der Waals surface area contributed by atoms with Crippen molar-refractivity contribution in [1.82, 2.24) is 0 Å². The first-order valence-corrected chi connectivity index (χ1v) is 11.1. The van der Waals surface area contributed by atoms with Gasteiger partial charge in [-0.1, -0.05) is 13.8 Å². The van der Waals surface area contributed by atoms with E-state index in [-0.39, 0.29) is 40.2 Å². The second kappa shape index (κ2) is 5.33. The predicted molar refractivity (Wildman–Crippen MR) is 104 cm³/mol. The highest BCUT2D eigenvalue weighted by atomic mass is 16.6. The van der Waals surface area contributed by atoms with Crippen molar-refractivity contribution >= 4 is 11.8 Å². The third-order valence-electron chi connectivity index (χ3n) is 9.67. The lowest BCUT2D eigenvalue weighted by molar-refractivity contribution is -0.908. The molecule has 6 nitrogen and oxygen atoms in total. The lowest BCUT2D eigenvalue weighted by Crippen LogP contribution is -2.69. The number of ether oxygens (including phenoxy) is 2. The summed E-state index contributed by atoms with van der Waals surface area (Å²) in [6.45, 7) is 5.97. The van der Waals surface area contributed by atoms with Crippen LogP contribution < -0.4 is 0 Å². The number of methoxy groups -OCH3 is 1. The smallest absolute Gasteiger partial charge is 0.334 e. The number of quaternary nitrogens is 1. The Morgan fingerprint density at radius 1 is 1.31 bits per heavy atom. The fourth-order valence-electron chi connectivity index (χ4n) is 8.54. The normalized spacial score (nSPS) is 49.6. The predicted octanol–water partition coefficient (Wildman–Crippen LogP) is 2.87. The van der Waals surface area contributed by atoms with Crippen LogP contribution in [0.4, 0.5) is 0 Å². The van der Waals surface area contributed by atoms with Gasteiger partial charge in [-0.05, 0) is 18.4 Å². The summed E-state index contributed by atoms with van der Waals surface area (Å²) < 4.78 is 11.1. The average Bonchev–Trinajstić information content (AvgIpc) is 3.13. The summed E-state index contributed by atoms with van der Waals surface area (Å²) in [7, 11) is 1.41. The first-order chi connectivity index (χ1) is 13.8. The third-order valence-corrected chi connectivity index (χ3v) is 9.67. The van der Waals surface area contributed by atoms with Gasteiger partial charge < -0.3 is 19.3 Å². The molecular weight excluding hydrogens is 370 g/mol. The van der Waals surface area contributed by atoms with Crippen molar-refractivity contribution in [2.45, 2.75) is 52.0 Å². The van der Waals surface area contributed by atoms with E-state index in [1.165, 1.54) is 7.11 Å². The van der Waals surface area contributed by atoms with E-state index in [4.69, 9.17) is 9.47 Å². The Bertz CT molecular complexity index is 920. The number of ketones is 1. The number of hydrogen-bond donors (Lipinski definition) is 0. The molecule has 0 N–H and O–H groups in total. The summed E-state index contributed by atoms with van der Waals surface area (Å²) in [4.78, 5) is 27.1.